The number of benzene rings is 2. The van der Waals surface area contributed by atoms with Gasteiger partial charge in [-0.2, -0.15) is 0 Å². The Bertz CT molecular complexity index is 901. The van der Waals surface area contributed by atoms with Crippen LogP contribution in [0.5, 0.6) is 11.5 Å². The number of amides is 2. The van der Waals surface area contributed by atoms with E-state index >= 15 is 0 Å². The number of carbonyl (C=O) groups is 2. The molecule has 0 radical (unpaired) electrons. The van der Waals surface area contributed by atoms with Crippen molar-refractivity contribution in [2.45, 2.75) is 13.8 Å². The van der Waals surface area contributed by atoms with Crippen LogP contribution in [0.4, 0.5) is 0 Å². The average molecular weight is 366 g/mol. The quantitative estimate of drug-likeness (QED) is 0.820. The molecule has 2 amide bonds. The third kappa shape index (κ3) is 3.23. The van der Waals surface area contributed by atoms with Crippen LogP contribution in [-0.2, 0) is 0 Å². The van der Waals surface area contributed by atoms with Crippen molar-refractivity contribution in [3.63, 3.8) is 0 Å². The number of carbonyl (C=O) groups excluding carboxylic acids is 2. The molecule has 4 rings (SSSR count). The lowest BCUT2D eigenvalue weighted by atomic mass is 10.0. The second-order valence-corrected chi connectivity index (χ2v) is 6.90. The Balaban J connectivity index is 1.42. The highest BCUT2D eigenvalue weighted by molar-refractivity contribution is 5.97. The van der Waals surface area contributed by atoms with Gasteiger partial charge in [0.15, 0.2) is 11.5 Å². The summed E-state index contributed by atoms with van der Waals surface area (Å²) in [5.74, 6) is 1.25. The van der Waals surface area contributed by atoms with Crippen LogP contribution in [0.1, 0.15) is 31.8 Å². The van der Waals surface area contributed by atoms with E-state index in [4.69, 9.17) is 9.47 Å². The van der Waals surface area contributed by atoms with Crippen molar-refractivity contribution in [3.8, 4) is 11.5 Å². The van der Waals surface area contributed by atoms with Gasteiger partial charge < -0.3 is 19.3 Å². The lowest BCUT2D eigenvalue weighted by Crippen LogP contribution is -2.50. The third-order valence-electron chi connectivity index (χ3n) is 5.31. The summed E-state index contributed by atoms with van der Waals surface area (Å²) in [6.07, 6.45) is 0. The number of fused-ring (bicyclic) bond motifs is 1. The van der Waals surface area contributed by atoms with E-state index in [-0.39, 0.29) is 18.6 Å². The molecule has 140 valence electrons. The summed E-state index contributed by atoms with van der Waals surface area (Å²) in [4.78, 5) is 29.2. The fourth-order valence-electron chi connectivity index (χ4n) is 3.48. The summed E-state index contributed by atoms with van der Waals surface area (Å²) in [6, 6.07) is 11.0. The van der Waals surface area contributed by atoms with E-state index in [0.717, 1.165) is 16.7 Å². The first-order chi connectivity index (χ1) is 13.0. The van der Waals surface area contributed by atoms with Crippen molar-refractivity contribution >= 4 is 11.8 Å². The van der Waals surface area contributed by atoms with Gasteiger partial charge in [0, 0.05) is 37.3 Å². The van der Waals surface area contributed by atoms with Crippen LogP contribution in [0.2, 0.25) is 0 Å². The summed E-state index contributed by atoms with van der Waals surface area (Å²) in [5, 5.41) is 0. The van der Waals surface area contributed by atoms with Gasteiger partial charge in [0.25, 0.3) is 11.8 Å². The van der Waals surface area contributed by atoms with E-state index in [2.05, 4.69) is 0 Å². The van der Waals surface area contributed by atoms with Crippen molar-refractivity contribution in [2.24, 2.45) is 0 Å². The van der Waals surface area contributed by atoms with Crippen LogP contribution in [0, 0.1) is 13.8 Å². The number of nitrogens with zero attached hydrogens (tertiary/aromatic N) is 2. The molecule has 2 aromatic rings. The molecule has 2 aliphatic rings. The predicted molar refractivity (Wildman–Crippen MR) is 100 cm³/mol. The number of piperazine rings is 1. The highest BCUT2D eigenvalue weighted by Gasteiger charge is 2.27. The standard InChI is InChI=1S/C21H22N2O4/c1-14-4-3-5-17(15(14)2)21(25)23-10-8-22(9-11-23)20(24)16-6-7-18-19(12-16)27-13-26-18/h3-7,12H,8-11,13H2,1-2H3. The largest absolute Gasteiger partial charge is 0.454 e. The minimum absolute atomic E-state index is 0.0337. The van der Waals surface area contributed by atoms with E-state index in [1.165, 1.54) is 0 Å². The first-order valence-electron chi connectivity index (χ1n) is 9.09. The molecule has 0 aliphatic carbocycles. The molecule has 2 heterocycles. The summed E-state index contributed by atoms with van der Waals surface area (Å²) in [5.41, 5.74) is 3.44. The maximum Gasteiger partial charge on any atom is 0.254 e. The predicted octanol–water partition coefficient (Wildman–Crippen LogP) is 2.63. The molecule has 0 spiro atoms. The molecule has 1 saturated heterocycles. The van der Waals surface area contributed by atoms with Crippen LogP contribution in [0.3, 0.4) is 0 Å². The Kier molecular flexibility index (Phi) is 4.48. The number of aryl methyl sites for hydroxylation is 1. The maximum absolute atomic E-state index is 12.8. The van der Waals surface area contributed by atoms with Crippen molar-refractivity contribution < 1.29 is 19.1 Å². The molecule has 0 saturated carbocycles. The van der Waals surface area contributed by atoms with Crippen LogP contribution < -0.4 is 9.47 Å². The van der Waals surface area contributed by atoms with E-state index in [0.29, 0.717) is 43.2 Å². The van der Waals surface area contributed by atoms with Crippen LogP contribution in [0.25, 0.3) is 0 Å². The Morgan fingerprint density at radius 2 is 1.52 bits per heavy atom. The first kappa shape index (κ1) is 17.4. The average Bonchev–Trinajstić information content (AvgIpc) is 3.17. The molecular formula is C21H22N2O4. The molecule has 2 aromatic carbocycles. The van der Waals surface area contributed by atoms with Gasteiger partial charge in [0.2, 0.25) is 6.79 Å². The van der Waals surface area contributed by atoms with Gasteiger partial charge in [-0.05, 0) is 49.2 Å². The van der Waals surface area contributed by atoms with E-state index in [1.54, 1.807) is 23.1 Å². The minimum Gasteiger partial charge on any atom is -0.454 e. The van der Waals surface area contributed by atoms with Crippen LogP contribution >= 0.6 is 0 Å². The Morgan fingerprint density at radius 1 is 0.852 bits per heavy atom. The molecule has 0 unspecified atom stereocenters. The molecule has 6 nitrogen and oxygen atoms in total. The summed E-state index contributed by atoms with van der Waals surface area (Å²) >= 11 is 0. The number of ether oxygens (including phenoxy) is 2. The highest BCUT2D eigenvalue weighted by Crippen LogP contribution is 2.32. The Hall–Kier alpha value is -3.02. The molecule has 0 atom stereocenters. The van der Waals surface area contributed by atoms with Gasteiger partial charge in [-0.1, -0.05) is 12.1 Å². The summed E-state index contributed by atoms with van der Waals surface area (Å²) in [6.45, 7) is 6.26. The number of rotatable bonds is 2. The zero-order valence-corrected chi connectivity index (χ0v) is 15.5. The zero-order chi connectivity index (χ0) is 19.0. The molecule has 1 fully saturated rings. The molecule has 0 aromatic heterocycles. The van der Waals surface area contributed by atoms with Crippen LogP contribution in [-0.4, -0.2) is 54.6 Å². The second kappa shape index (κ2) is 6.95. The lowest BCUT2D eigenvalue weighted by Gasteiger charge is -2.35. The molecule has 2 aliphatic heterocycles. The molecule has 6 heteroatoms. The zero-order valence-electron chi connectivity index (χ0n) is 15.5. The second-order valence-electron chi connectivity index (χ2n) is 6.90. The Morgan fingerprint density at radius 3 is 2.26 bits per heavy atom. The van der Waals surface area contributed by atoms with E-state index < -0.39 is 0 Å². The monoisotopic (exact) mass is 366 g/mol. The molecule has 0 bridgehead atoms. The van der Waals surface area contributed by atoms with Gasteiger partial charge in [-0.15, -0.1) is 0 Å². The van der Waals surface area contributed by atoms with Crippen molar-refractivity contribution in [1.29, 1.82) is 0 Å². The molecule has 27 heavy (non-hydrogen) atoms. The third-order valence-corrected chi connectivity index (χ3v) is 5.31. The topological polar surface area (TPSA) is 59.1 Å². The fraction of sp³-hybridized carbons (Fsp3) is 0.333. The first-order valence-corrected chi connectivity index (χ1v) is 9.09. The molecular weight excluding hydrogens is 344 g/mol. The highest BCUT2D eigenvalue weighted by atomic mass is 16.7. The fourth-order valence-corrected chi connectivity index (χ4v) is 3.48. The smallest absolute Gasteiger partial charge is 0.254 e. The number of hydrogen-bond donors (Lipinski definition) is 0. The molecule has 0 N–H and O–H groups in total. The summed E-state index contributed by atoms with van der Waals surface area (Å²) in [7, 11) is 0. The summed E-state index contributed by atoms with van der Waals surface area (Å²) < 4.78 is 10.6. The van der Waals surface area contributed by atoms with E-state index in [9.17, 15) is 9.59 Å². The van der Waals surface area contributed by atoms with Gasteiger partial charge in [-0.3, -0.25) is 9.59 Å². The van der Waals surface area contributed by atoms with E-state index in [1.807, 2.05) is 36.9 Å². The minimum atomic E-state index is -0.0489. The van der Waals surface area contributed by atoms with Gasteiger partial charge in [-0.25, -0.2) is 0 Å². The number of hydrogen-bond acceptors (Lipinski definition) is 4. The lowest BCUT2D eigenvalue weighted by molar-refractivity contribution is 0.0535. The van der Waals surface area contributed by atoms with Gasteiger partial charge in [0.05, 0.1) is 0 Å². The maximum atomic E-state index is 12.8. The Labute approximate surface area is 158 Å². The van der Waals surface area contributed by atoms with Gasteiger partial charge >= 0.3 is 0 Å². The van der Waals surface area contributed by atoms with Crippen molar-refractivity contribution in [1.82, 2.24) is 9.80 Å². The normalized spacial score (nSPS) is 15.8. The van der Waals surface area contributed by atoms with Crippen LogP contribution in [0.15, 0.2) is 36.4 Å². The van der Waals surface area contributed by atoms with Gasteiger partial charge in [0.1, 0.15) is 0 Å². The van der Waals surface area contributed by atoms with Crippen molar-refractivity contribution in [3.05, 3.63) is 58.7 Å². The SMILES string of the molecule is Cc1cccc(C(=O)N2CCN(C(=O)c3ccc4c(c3)OCO4)CC2)c1C. The van der Waals surface area contributed by atoms with Crippen molar-refractivity contribution in [2.75, 3.05) is 33.0 Å².